The van der Waals surface area contributed by atoms with Crippen LogP contribution in [-0.2, 0) is 13.3 Å². The molecule has 0 amide bonds. The van der Waals surface area contributed by atoms with Gasteiger partial charge in [-0.15, -0.1) is 0 Å². The first-order valence-corrected chi connectivity index (χ1v) is 8.31. The summed E-state index contributed by atoms with van der Waals surface area (Å²) in [6.07, 6.45) is 0. The second-order valence-electron chi connectivity index (χ2n) is 2.17. The van der Waals surface area contributed by atoms with Crippen LogP contribution in [0.25, 0.3) is 0 Å². The molecule has 0 bridgehead atoms. The normalized spacial score (nSPS) is 12.6. The summed E-state index contributed by atoms with van der Waals surface area (Å²) in [5.41, 5.74) is 0. The van der Waals surface area contributed by atoms with Crippen molar-refractivity contribution < 1.29 is 13.3 Å². The summed E-state index contributed by atoms with van der Waals surface area (Å²) >= 11 is 0. The number of hydrogen-bond acceptors (Lipinski definition) is 3. The highest BCUT2D eigenvalue weighted by Crippen LogP contribution is 2.09. The van der Waals surface area contributed by atoms with Gasteiger partial charge in [-0.1, -0.05) is 13.1 Å². The molecule has 0 rings (SSSR count). The Morgan fingerprint density at radius 2 is 1.20 bits per heavy atom. The fourth-order valence-corrected chi connectivity index (χ4v) is 6.26. The molecule has 0 unspecified atom stereocenters. The molecule has 0 saturated carbocycles. The summed E-state index contributed by atoms with van der Waals surface area (Å²) in [7, 11) is 2.14. The summed E-state index contributed by atoms with van der Waals surface area (Å²) < 4.78 is 15.7. The third kappa shape index (κ3) is 1.90. The Hall–Kier alpha value is 0.314. The van der Waals surface area contributed by atoms with Gasteiger partial charge < -0.3 is 13.3 Å². The van der Waals surface area contributed by atoms with E-state index in [1.807, 2.05) is 0 Å². The molecule has 5 heteroatoms. The van der Waals surface area contributed by atoms with E-state index in [1.54, 1.807) is 21.3 Å². The Morgan fingerprint density at radius 3 is 1.20 bits per heavy atom. The van der Waals surface area contributed by atoms with Gasteiger partial charge in [0, 0.05) is 21.3 Å². The van der Waals surface area contributed by atoms with Crippen molar-refractivity contribution in [1.29, 1.82) is 0 Å². The van der Waals surface area contributed by atoms with Crippen LogP contribution in [-0.4, -0.2) is 38.0 Å². The third-order valence-corrected chi connectivity index (χ3v) is 9.77. The third-order valence-electron chi connectivity index (χ3n) is 1.42. The van der Waals surface area contributed by atoms with E-state index in [9.17, 15) is 0 Å². The largest absolute Gasteiger partial charge is 0.466 e. The van der Waals surface area contributed by atoms with Crippen LogP contribution in [0.4, 0.5) is 0 Å². The maximum Gasteiger partial charge on any atom is 0.466 e. The molecule has 0 fully saturated rings. The minimum Gasteiger partial charge on any atom is -0.380 e. The van der Waals surface area contributed by atoms with Crippen molar-refractivity contribution in [2.45, 2.75) is 13.1 Å². The Kier molecular flexibility index (Phi) is 4.38. The Labute approximate surface area is 65.1 Å². The lowest BCUT2D eigenvalue weighted by Gasteiger charge is -2.27. The molecular weight excluding hydrogens is 164 g/mol. The fourth-order valence-electron chi connectivity index (χ4n) is 0.862. The summed E-state index contributed by atoms with van der Waals surface area (Å²) in [6.45, 7) is 4.26. The molecule has 0 atom stereocenters. The lowest BCUT2D eigenvalue weighted by atomic mass is 11.8. The summed E-state index contributed by atoms with van der Waals surface area (Å²) in [6, 6.07) is 0. The van der Waals surface area contributed by atoms with Crippen molar-refractivity contribution in [1.82, 2.24) is 0 Å². The lowest BCUT2D eigenvalue weighted by Crippen LogP contribution is -2.54. The Bertz CT molecular complexity index is 84.6. The second-order valence-corrected chi connectivity index (χ2v) is 11.3. The number of rotatable bonds is 4. The van der Waals surface area contributed by atoms with Gasteiger partial charge >= 0.3 is 8.32 Å². The molecule has 0 N–H and O–H groups in total. The predicted molar refractivity (Wildman–Crippen MR) is 44.3 cm³/mol. The van der Waals surface area contributed by atoms with E-state index in [-0.39, 0.29) is 0 Å². The molecule has 0 aliphatic carbocycles. The van der Waals surface area contributed by atoms with Gasteiger partial charge in [-0.3, -0.25) is 0 Å². The first-order chi connectivity index (χ1) is 4.63. The van der Waals surface area contributed by atoms with Gasteiger partial charge in [-0.05, 0) is 0 Å². The van der Waals surface area contributed by atoms with E-state index >= 15 is 0 Å². The van der Waals surface area contributed by atoms with Crippen molar-refractivity contribution in [2.75, 3.05) is 21.3 Å². The average molecular weight is 179 g/mol. The first kappa shape index (κ1) is 10.3. The Morgan fingerprint density at radius 1 is 0.900 bits per heavy atom. The molecule has 0 spiro atoms. The minimum atomic E-state index is -2.19. The molecule has 0 aliphatic heterocycles. The fraction of sp³-hybridized carbons (Fsp3) is 1.00. The molecular formula is C5H15O3Si2. The van der Waals surface area contributed by atoms with Crippen molar-refractivity contribution in [3.8, 4) is 0 Å². The summed E-state index contributed by atoms with van der Waals surface area (Å²) in [5, 5.41) is 0. The van der Waals surface area contributed by atoms with Crippen molar-refractivity contribution in [2.24, 2.45) is 0 Å². The van der Waals surface area contributed by atoms with Crippen LogP contribution >= 0.6 is 0 Å². The topological polar surface area (TPSA) is 27.7 Å². The highest BCUT2D eigenvalue weighted by molar-refractivity contribution is 7.23. The summed E-state index contributed by atoms with van der Waals surface area (Å²) in [4.78, 5) is 0. The van der Waals surface area contributed by atoms with Crippen LogP contribution in [0.3, 0.4) is 0 Å². The molecule has 0 aromatic heterocycles. The van der Waals surface area contributed by atoms with E-state index < -0.39 is 16.6 Å². The molecule has 0 aliphatic rings. The predicted octanol–water partition coefficient (Wildman–Crippen LogP) is 0.697. The maximum absolute atomic E-state index is 5.24. The van der Waals surface area contributed by atoms with Crippen molar-refractivity contribution in [3.63, 3.8) is 0 Å². The van der Waals surface area contributed by atoms with Crippen LogP contribution in [0, 0.1) is 0 Å². The smallest absolute Gasteiger partial charge is 0.380 e. The van der Waals surface area contributed by atoms with Crippen LogP contribution in [0.15, 0.2) is 0 Å². The van der Waals surface area contributed by atoms with Gasteiger partial charge in [0.15, 0.2) is 0 Å². The average Bonchev–Trinajstić information content (AvgIpc) is 1.92. The van der Waals surface area contributed by atoms with Gasteiger partial charge in [-0.25, -0.2) is 0 Å². The van der Waals surface area contributed by atoms with Gasteiger partial charge in [0.05, 0.1) is 0 Å². The SMILES string of the molecule is CO[Si](OC)(OC)[Si](C)C. The molecule has 10 heavy (non-hydrogen) atoms. The van der Waals surface area contributed by atoms with Crippen LogP contribution in [0.5, 0.6) is 0 Å². The van der Waals surface area contributed by atoms with E-state index in [0.717, 1.165) is 0 Å². The van der Waals surface area contributed by atoms with Crippen LogP contribution < -0.4 is 0 Å². The zero-order valence-electron chi connectivity index (χ0n) is 7.22. The van der Waals surface area contributed by atoms with E-state index in [2.05, 4.69) is 13.1 Å². The van der Waals surface area contributed by atoms with E-state index in [0.29, 0.717) is 0 Å². The lowest BCUT2D eigenvalue weighted by molar-refractivity contribution is 0.147. The van der Waals surface area contributed by atoms with Crippen molar-refractivity contribution >= 4 is 16.6 Å². The van der Waals surface area contributed by atoms with Crippen LogP contribution in [0.1, 0.15) is 0 Å². The Balaban J connectivity index is 4.15. The molecule has 0 heterocycles. The molecule has 1 radical (unpaired) electrons. The molecule has 61 valence electrons. The highest BCUT2D eigenvalue weighted by atomic mass is 29.3. The van der Waals surface area contributed by atoms with Crippen molar-refractivity contribution in [3.05, 3.63) is 0 Å². The zero-order valence-corrected chi connectivity index (χ0v) is 9.22. The molecule has 0 aromatic rings. The zero-order chi connectivity index (χ0) is 8.20. The van der Waals surface area contributed by atoms with Gasteiger partial charge in [0.25, 0.3) is 0 Å². The van der Waals surface area contributed by atoms with E-state index in [4.69, 9.17) is 13.3 Å². The molecule has 0 saturated heterocycles. The van der Waals surface area contributed by atoms with E-state index in [1.165, 1.54) is 0 Å². The molecule has 0 aromatic carbocycles. The highest BCUT2D eigenvalue weighted by Gasteiger charge is 2.42. The monoisotopic (exact) mass is 179 g/mol. The number of hydrogen-bond donors (Lipinski definition) is 0. The standard InChI is InChI=1S/C5H15O3Si2/c1-6-10(7-2,8-3)9(4)5/h1-5H3. The molecule has 3 nitrogen and oxygen atoms in total. The van der Waals surface area contributed by atoms with Gasteiger partial charge in [-0.2, -0.15) is 0 Å². The second kappa shape index (κ2) is 4.25. The van der Waals surface area contributed by atoms with Gasteiger partial charge in [0.1, 0.15) is 8.31 Å². The quantitative estimate of drug-likeness (QED) is 0.595. The maximum atomic E-state index is 5.24. The summed E-state index contributed by atoms with van der Waals surface area (Å²) in [5.74, 6) is 0. The minimum absolute atomic E-state index is 0.613. The van der Waals surface area contributed by atoms with Gasteiger partial charge in [0.2, 0.25) is 0 Å². The van der Waals surface area contributed by atoms with Crippen LogP contribution in [0.2, 0.25) is 13.1 Å². The first-order valence-electron chi connectivity index (χ1n) is 3.09.